The zero-order chi connectivity index (χ0) is 14.4. The summed E-state index contributed by atoms with van der Waals surface area (Å²) in [6.45, 7) is 5.18. The van der Waals surface area contributed by atoms with Crippen LogP contribution in [0.15, 0.2) is 18.2 Å². The van der Waals surface area contributed by atoms with Gasteiger partial charge >= 0.3 is 0 Å². The maximum Gasteiger partial charge on any atom is 0.239 e. The molecule has 1 aromatic rings. The molecule has 1 heterocycles. The molecule has 0 radical (unpaired) electrons. The van der Waals surface area contributed by atoms with Gasteiger partial charge in [-0.2, -0.15) is 0 Å². The molecule has 0 bridgehead atoms. The molecule has 1 fully saturated rings. The van der Waals surface area contributed by atoms with Crippen molar-refractivity contribution in [2.45, 2.75) is 26.3 Å². The first-order chi connectivity index (χ1) is 9.72. The van der Waals surface area contributed by atoms with E-state index in [0.29, 0.717) is 25.2 Å². The van der Waals surface area contributed by atoms with Crippen molar-refractivity contribution in [3.05, 3.63) is 29.6 Å². The molecule has 0 aromatic heterocycles. The minimum Gasteiger partial charge on any atom is -0.362 e. The molecule has 1 aliphatic rings. The van der Waals surface area contributed by atoms with E-state index in [1.54, 1.807) is 6.07 Å². The average molecular weight is 279 g/mol. The average Bonchev–Trinajstić information content (AvgIpc) is 2.65. The van der Waals surface area contributed by atoms with E-state index in [2.05, 4.69) is 17.6 Å². The standard InChI is InChI=1S/C15H22FN3O/c1-2-7-17-10-12-13(16)5-3-6-14(12)19-9-4-8-18-15(20)11-19/h3,5-6,17H,2,4,7-11H2,1H3,(H,18,20). The van der Waals surface area contributed by atoms with Crippen molar-refractivity contribution in [3.8, 4) is 0 Å². The Labute approximate surface area is 119 Å². The fourth-order valence-corrected chi connectivity index (χ4v) is 2.42. The molecule has 0 unspecified atom stereocenters. The maximum absolute atomic E-state index is 14.1. The molecule has 0 saturated carbocycles. The van der Waals surface area contributed by atoms with Gasteiger partial charge in [0.1, 0.15) is 5.82 Å². The Morgan fingerprint density at radius 3 is 3.10 bits per heavy atom. The van der Waals surface area contributed by atoms with Gasteiger partial charge < -0.3 is 15.5 Å². The fraction of sp³-hybridized carbons (Fsp3) is 0.533. The first-order valence-electron chi connectivity index (χ1n) is 7.22. The van der Waals surface area contributed by atoms with Gasteiger partial charge in [-0.1, -0.05) is 13.0 Å². The molecule has 5 heteroatoms. The third-order valence-corrected chi connectivity index (χ3v) is 3.42. The van der Waals surface area contributed by atoms with Crippen molar-refractivity contribution in [2.24, 2.45) is 0 Å². The van der Waals surface area contributed by atoms with Crippen molar-refractivity contribution in [3.63, 3.8) is 0 Å². The second-order valence-corrected chi connectivity index (χ2v) is 5.04. The summed E-state index contributed by atoms with van der Waals surface area (Å²) in [4.78, 5) is 13.6. The molecular weight excluding hydrogens is 257 g/mol. The van der Waals surface area contributed by atoms with E-state index in [1.165, 1.54) is 6.07 Å². The third-order valence-electron chi connectivity index (χ3n) is 3.42. The molecule has 0 atom stereocenters. The molecule has 1 aliphatic heterocycles. The number of rotatable bonds is 5. The van der Waals surface area contributed by atoms with Gasteiger partial charge in [0.05, 0.1) is 6.54 Å². The zero-order valence-corrected chi connectivity index (χ0v) is 11.9. The Hall–Kier alpha value is -1.62. The maximum atomic E-state index is 14.1. The SMILES string of the molecule is CCCNCc1c(F)cccc1N1CCCNC(=O)C1. The highest BCUT2D eigenvalue weighted by Crippen LogP contribution is 2.24. The van der Waals surface area contributed by atoms with Crippen molar-refractivity contribution in [2.75, 3.05) is 31.1 Å². The summed E-state index contributed by atoms with van der Waals surface area (Å²) in [5.41, 5.74) is 1.47. The van der Waals surface area contributed by atoms with E-state index >= 15 is 0 Å². The number of nitrogens with zero attached hydrogens (tertiary/aromatic N) is 1. The molecule has 110 valence electrons. The van der Waals surface area contributed by atoms with Gasteiger partial charge in [-0.15, -0.1) is 0 Å². The first kappa shape index (κ1) is 14.8. The molecule has 2 N–H and O–H groups in total. The summed E-state index contributed by atoms with van der Waals surface area (Å²) >= 11 is 0. The Morgan fingerprint density at radius 1 is 1.45 bits per heavy atom. The highest BCUT2D eigenvalue weighted by Gasteiger charge is 2.19. The monoisotopic (exact) mass is 279 g/mol. The summed E-state index contributed by atoms with van der Waals surface area (Å²) in [6, 6.07) is 5.08. The van der Waals surface area contributed by atoms with Crippen molar-refractivity contribution >= 4 is 11.6 Å². The first-order valence-corrected chi connectivity index (χ1v) is 7.22. The van der Waals surface area contributed by atoms with Crippen LogP contribution in [0.25, 0.3) is 0 Å². The topological polar surface area (TPSA) is 44.4 Å². The lowest BCUT2D eigenvalue weighted by molar-refractivity contribution is -0.119. The smallest absolute Gasteiger partial charge is 0.239 e. The molecule has 20 heavy (non-hydrogen) atoms. The van der Waals surface area contributed by atoms with E-state index < -0.39 is 0 Å². The molecule has 1 saturated heterocycles. The van der Waals surface area contributed by atoms with Gasteiger partial charge in [0.15, 0.2) is 0 Å². The Kier molecular flexibility index (Phi) is 5.35. The summed E-state index contributed by atoms with van der Waals surface area (Å²) in [5, 5.41) is 6.07. The lowest BCUT2D eigenvalue weighted by atomic mass is 10.1. The highest BCUT2D eigenvalue weighted by molar-refractivity contribution is 5.82. The van der Waals surface area contributed by atoms with E-state index in [-0.39, 0.29) is 11.7 Å². The number of nitrogens with one attached hydrogen (secondary N) is 2. The van der Waals surface area contributed by atoms with Gasteiger partial charge in [-0.25, -0.2) is 4.39 Å². The van der Waals surface area contributed by atoms with E-state index in [0.717, 1.165) is 31.6 Å². The number of amides is 1. The number of benzene rings is 1. The fourth-order valence-electron chi connectivity index (χ4n) is 2.42. The van der Waals surface area contributed by atoms with Crippen LogP contribution in [-0.4, -0.2) is 32.1 Å². The molecule has 0 aliphatic carbocycles. The number of carbonyl (C=O) groups excluding carboxylic acids is 1. The Morgan fingerprint density at radius 2 is 2.30 bits per heavy atom. The summed E-state index contributed by atoms with van der Waals surface area (Å²) in [7, 11) is 0. The molecule has 4 nitrogen and oxygen atoms in total. The minimum absolute atomic E-state index is 0.000714. The van der Waals surface area contributed by atoms with E-state index in [9.17, 15) is 9.18 Å². The van der Waals surface area contributed by atoms with Crippen LogP contribution < -0.4 is 15.5 Å². The lowest BCUT2D eigenvalue weighted by Gasteiger charge is -2.24. The number of anilines is 1. The quantitative estimate of drug-likeness (QED) is 0.806. The number of carbonyl (C=O) groups is 1. The largest absolute Gasteiger partial charge is 0.362 e. The Bertz CT molecular complexity index is 464. The Balaban J connectivity index is 2.20. The van der Waals surface area contributed by atoms with Crippen LogP contribution >= 0.6 is 0 Å². The van der Waals surface area contributed by atoms with Crippen molar-refractivity contribution in [1.82, 2.24) is 10.6 Å². The molecule has 0 spiro atoms. The molecule has 1 amide bonds. The third kappa shape index (κ3) is 3.70. The highest BCUT2D eigenvalue weighted by atomic mass is 19.1. The second kappa shape index (κ2) is 7.24. The summed E-state index contributed by atoms with van der Waals surface area (Å²) in [5.74, 6) is -0.213. The molecule has 2 rings (SSSR count). The van der Waals surface area contributed by atoms with Gasteiger partial charge in [0, 0.05) is 30.9 Å². The van der Waals surface area contributed by atoms with Crippen LogP contribution in [0.5, 0.6) is 0 Å². The van der Waals surface area contributed by atoms with Crippen LogP contribution in [0, 0.1) is 5.82 Å². The second-order valence-electron chi connectivity index (χ2n) is 5.04. The van der Waals surface area contributed by atoms with Crippen LogP contribution in [0.1, 0.15) is 25.3 Å². The van der Waals surface area contributed by atoms with Crippen LogP contribution in [0.3, 0.4) is 0 Å². The van der Waals surface area contributed by atoms with Crippen molar-refractivity contribution < 1.29 is 9.18 Å². The van der Waals surface area contributed by atoms with Gasteiger partial charge in [0.2, 0.25) is 5.91 Å². The number of hydrogen-bond acceptors (Lipinski definition) is 3. The molecular formula is C15H22FN3O. The normalized spacial score (nSPS) is 15.9. The van der Waals surface area contributed by atoms with E-state index in [4.69, 9.17) is 0 Å². The van der Waals surface area contributed by atoms with Crippen LogP contribution in [0.4, 0.5) is 10.1 Å². The minimum atomic E-state index is -0.212. The van der Waals surface area contributed by atoms with Crippen LogP contribution in [0.2, 0.25) is 0 Å². The lowest BCUT2D eigenvalue weighted by Crippen LogP contribution is -2.34. The zero-order valence-electron chi connectivity index (χ0n) is 11.9. The summed E-state index contributed by atoms with van der Waals surface area (Å²) in [6.07, 6.45) is 1.89. The number of halogens is 1. The van der Waals surface area contributed by atoms with E-state index in [1.807, 2.05) is 11.0 Å². The van der Waals surface area contributed by atoms with Crippen molar-refractivity contribution in [1.29, 1.82) is 0 Å². The van der Waals surface area contributed by atoms with Gasteiger partial charge in [0.25, 0.3) is 0 Å². The van der Waals surface area contributed by atoms with Gasteiger partial charge in [-0.05, 0) is 31.5 Å². The molecule has 1 aromatic carbocycles. The predicted octanol–water partition coefficient (Wildman–Crippen LogP) is 1.65. The van der Waals surface area contributed by atoms with Gasteiger partial charge in [-0.3, -0.25) is 4.79 Å². The van der Waals surface area contributed by atoms with Crippen LogP contribution in [-0.2, 0) is 11.3 Å². The number of hydrogen-bond donors (Lipinski definition) is 2. The summed E-state index contributed by atoms with van der Waals surface area (Å²) < 4.78 is 14.1. The predicted molar refractivity (Wildman–Crippen MR) is 78.2 cm³/mol.